The molecule has 1 fully saturated rings. The van der Waals surface area contributed by atoms with Crippen molar-refractivity contribution in [2.24, 2.45) is 5.92 Å². The van der Waals surface area contributed by atoms with E-state index < -0.39 is 0 Å². The van der Waals surface area contributed by atoms with Crippen molar-refractivity contribution >= 4 is 11.8 Å². The number of nitrogens with one attached hydrogen (secondary N) is 1. The summed E-state index contributed by atoms with van der Waals surface area (Å²) in [6.07, 6.45) is 8.41. The number of hydrogen-bond acceptors (Lipinski definition) is 4. The molecule has 1 rings (SSSR count). The number of aliphatic hydroxyl groups is 1. The Bertz CT molecular complexity index is 198. The number of aliphatic hydroxyl groups excluding tert-OH is 1. The number of hydrogen-bond donors (Lipinski definition) is 2. The highest BCUT2D eigenvalue weighted by Gasteiger charge is 2.15. The maximum Gasteiger partial charge on any atom is 0.0897 e. The summed E-state index contributed by atoms with van der Waals surface area (Å²) in [5.74, 6) is 1.83. The highest BCUT2D eigenvalue weighted by molar-refractivity contribution is 7.98. The molecule has 2 atom stereocenters. The number of thioether (sulfide) groups is 1. The van der Waals surface area contributed by atoms with Gasteiger partial charge in [-0.2, -0.15) is 11.8 Å². The Kier molecular flexibility index (Phi) is 9.11. The third-order valence-electron chi connectivity index (χ3n) is 3.40. The summed E-state index contributed by atoms with van der Waals surface area (Å²) in [6.45, 7) is 4.33. The standard InChI is InChI=1S/C14H29NO2S/c1-12(11-18-2)8-15-9-13(16)10-17-14-6-4-3-5-7-14/h12-16H,3-11H2,1-2H3. The normalized spacial score (nSPS) is 20.8. The monoisotopic (exact) mass is 275 g/mol. The summed E-state index contributed by atoms with van der Waals surface area (Å²) in [6, 6.07) is 0. The van der Waals surface area contributed by atoms with E-state index in [1.165, 1.54) is 37.9 Å². The van der Waals surface area contributed by atoms with E-state index in [0.717, 1.165) is 6.54 Å². The van der Waals surface area contributed by atoms with Gasteiger partial charge in [0.15, 0.2) is 0 Å². The predicted molar refractivity (Wildman–Crippen MR) is 79.2 cm³/mol. The van der Waals surface area contributed by atoms with Crippen LogP contribution in [-0.2, 0) is 4.74 Å². The van der Waals surface area contributed by atoms with Crippen LogP contribution in [0.2, 0.25) is 0 Å². The molecular weight excluding hydrogens is 246 g/mol. The Balaban J connectivity index is 1.97. The van der Waals surface area contributed by atoms with Crippen molar-refractivity contribution in [1.82, 2.24) is 5.32 Å². The third-order valence-corrected chi connectivity index (χ3v) is 4.30. The van der Waals surface area contributed by atoms with E-state index in [-0.39, 0.29) is 6.10 Å². The van der Waals surface area contributed by atoms with E-state index in [4.69, 9.17) is 4.74 Å². The highest BCUT2D eigenvalue weighted by atomic mass is 32.2. The summed E-state index contributed by atoms with van der Waals surface area (Å²) in [5.41, 5.74) is 0. The van der Waals surface area contributed by atoms with Crippen molar-refractivity contribution in [1.29, 1.82) is 0 Å². The largest absolute Gasteiger partial charge is 0.389 e. The van der Waals surface area contributed by atoms with Gasteiger partial charge in [0.05, 0.1) is 18.8 Å². The minimum atomic E-state index is -0.367. The van der Waals surface area contributed by atoms with Crippen LogP contribution >= 0.6 is 11.8 Å². The zero-order valence-corrected chi connectivity index (χ0v) is 12.7. The van der Waals surface area contributed by atoms with Gasteiger partial charge in [0, 0.05) is 6.54 Å². The molecule has 2 unspecified atom stereocenters. The van der Waals surface area contributed by atoms with E-state index >= 15 is 0 Å². The lowest BCUT2D eigenvalue weighted by molar-refractivity contribution is -0.0230. The second-order valence-electron chi connectivity index (χ2n) is 5.47. The lowest BCUT2D eigenvalue weighted by atomic mass is 9.98. The molecule has 108 valence electrons. The number of rotatable bonds is 9. The second-order valence-corrected chi connectivity index (χ2v) is 6.38. The van der Waals surface area contributed by atoms with Gasteiger partial charge < -0.3 is 15.2 Å². The van der Waals surface area contributed by atoms with Crippen molar-refractivity contribution in [3.63, 3.8) is 0 Å². The van der Waals surface area contributed by atoms with Crippen LogP contribution in [0.25, 0.3) is 0 Å². The van der Waals surface area contributed by atoms with Crippen molar-refractivity contribution < 1.29 is 9.84 Å². The quantitative estimate of drug-likeness (QED) is 0.677. The molecule has 0 radical (unpaired) electrons. The van der Waals surface area contributed by atoms with Crippen molar-refractivity contribution in [2.45, 2.75) is 51.2 Å². The molecule has 1 saturated carbocycles. The molecule has 0 heterocycles. The molecule has 2 N–H and O–H groups in total. The van der Waals surface area contributed by atoms with Crippen LogP contribution in [0.3, 0.4) is 0 Å². The zero-order chi connectivity index (χ0) is 13.2. The molecular formula is C14H29NO2S. The van der Waals surface area contributed by atoms with Crippen LogP contribution in [0, 0.1) is 5.92 Å². The molecule has 0 aliphatic heterocycles. The first-order valence-electron chi connectivity index (χ1n) is 7.21. The number of ether oxygens (including phenoxy) is 1. The van der Waals surface area contributed by atoms with Crippen molar-refractivity contribution in [3.8, 4) is 0 Å². The van der Waals surface area contributed by atoms with Gasteiger partial charge >= 0.3 is 0 Å². The van der Waals surface area contributed by atoms with Crippen LogP contribution in [0.4, 0.5) is 0 Å². The summed E-state index contributed by atoms with van der Waals surface area (Å²) in [7, 11) is 0. The van der Waals surface area contributed by atoms with Crippen LogP contribution in [0.15, 0.2) is 0 Å². The molecule has 18 heavy (non-hydrogen) atoms. The average molecular weight is 275 g/mol. The fourth-order valence-electron chi connectivity index (χ4n) is 2.38. The molecule has 1 aliphatic rings. The van der Waals surface area contributed by atoms with E-state index in [9.17, 15) is 5.11 Å². The minimum absolute atomic E-state index is 0.367. The molecule has 0 aromatic carbocycles. The Morgan fingerprint density at radius 1 is 1.28 bits per heavy atom. The van der Waals surface area contributed by atoms with E-state index in [0.29, 0.717) is 25.2 Å². The molecule has 0 amide bonds. The summed E-state index contributed by atoms with van der Waals surface area (Å²) in [4.78, 5) is 0. The first-order valence-corrected chi connectivity index (χ1v) is 8.61. The third kappa shape index (κ3) is 7.62. The molecule has 1 aliphatic carbocycles. The van der Waals surface area contributed by atoms with Gasteiger partial charge in [-0.25, -0.2) is 0 Å². The first kappa shape index (κ1) is 16.3. The second kappa shape index (κ2) is 10.1. The summed E-state index contributed by atoms with van der Waals surface area (Å²) in [5, 5.41) is 13.1. The lowest BCUT2D eigenvalue weighted by Crippen LogP contribution is -2.34. The maximum absolute atomic E-state index is 9.83. The van der Waals surface area contributed by atoms with Gasteiger partial charge in [-0.15, -0.1) is 0 Å². The summed E-state index contributed by atoms with van der Waals surface area (Å²) >= 11 is 1.87. The van der Waals surface area contributed by atoms with Crippen LogP contribution in [0.1, 0.15) is 39.0 Å². The Hall–Kier alpha value is 0.230. The Morgan fingerprint density at radius 3 is 2.67 bits per heavy atom. The molecule has 0 spiro atoms. The van der Waals surface area contributed by atoms with Gasteiger partial charge in [-0.1, -0.05) is 26.2 Å². The Labute approximate surface area is 116 Å². The highest BCUT2D eigenvalue weighted by Crippen LogP contribution is 2.20. The maximum atomic E-state index is 9.83. The van der Waals surface area contributed by atoms with Crippen LogP contribution in [-0.4, -0.2) is 49.0 Å². The molecule has 0 bridgehead atoms. The lowest BCUT2D eigenvalue weighted by Gasteiger charge is -2.23. The average Bonchev–Trinajstić information content (AvgIpc) is 2.38. The van der Waals surface area contributed by atoms with Crippen molar-refractivity contribution in [3.05, 3.63) is 0 Å². The van der Waals surface area contributed by atoms with Gasteiger partial charge in [0.25, 0.3) is 0 Å². The summed E-state index contributed by atoms with van der Waals surface area (Å²) < 4.78 is 5.76. The predicted octanol–water partition coefficient (Wildman–Crippen LogP) is 2.29. The topological polar surface area (TPSA) is 41.5 Å². The van der Waals surface area contributed by atoms with Gasteiger partial charge in [-0.3, -0.25) is 0 Å². The van der Waals surface area contributed by atoms with E-state index in [2.05, 4.69) is 18.5 Å². The minimum Gasteiger partial charge on any atom is -0.389 e. The van der Waals surface area contributed by atoms with Crippen LogP contribution in [0.5, 0.6) is 0 Å². The molecule has 0 aromatic heterocycles. The SMILES string of the molecule is CSCC(C)CNCC(O)COC1CCCCC1. The fourth-order valence-corrected chi connectivity index (χ4v) is 3.06. The van der Waals surface area contributed by atoms with Gasteiger partial charge in [0.1, 0.15) is 0 Å². The molecule has 0 saturated heterocycles. The van der Waals surface area contributed by atoms with Crippen molar-refractivity contribution in [2.75, 3.05) is 31.7 Å². The van der Waals surface area contributed by atoms with Crippen LogP contribution < -0.4 is 5.32 Å². The first-order chi connectivity index (χ1) is 8.72. The fraction of sp³-hybridized carbons (Fsp3) is 1.00. The molecule has 0 aromatic rings. The smallest absolute Gasteiger partial charge is 0.0897 e. The van der Waals surface area contributed by atoms with E-state index in [1.54, 1.807) is 0 Å². The zero-order valence-electron chi connectivity index (χ0n) is 11.9. The van der Waals surface area contributed by atoms with Gasteiger partial charge in [0.2, 0.25) is 0 Å². The van der Waals surface area contributed by atoms with E-state index in [1.807, 2.05) is 11.8 Å². The Morgan fingerprint density at radius 2 is 2.00 bits per heavy atom. The molecule has 3 nitrogen and oxygen atoms in total. The molecule has 4 heteroatoms. The van der Waals surface area contributed by atoms with Gasteiger partial charge in [-0.05, 0) is 37.3 Å².